The molecule has 3 aromatic rings. The lowest BCUT2D eigenvalue weighted by Crippen LogP contribution is -2.42. The van der Waals surface area contributed by atoms with Crippen molar-refractivity contribution >= 4 is 34.2 Å². The van der Waals surface area contributed by atoms with E-state index in [2.05, 4.69) is 15.3 Å². The van der Waals surface area contributed by atoms with E-state index < -0.39 is 5.82 Å². The van der Waals surface area contributed by atoms with Gasteiger partial charge in [0.15, 0.2) is 0 Å². The van der Waals surface area contributed by atoms with E-state index in [9.17, 15) is 9.18 Å². The highest BCUT2D eigenvalue weighted by Gasteiger charge is 2.25. The average molecular weight is 385 g/mol. The summed E-state index contributed by atoms with van der Waals surface area (Å²) in [5.74, 6) is 0.0260. The van der Waals surface area contributed by atoms with E-state index >= 15 is 0 Å². The molecule has 0 radical (unpaired) electrons. The van der Waals surface area contributed by atoms with Crippen LogP contribution in [0.4, 0.5) is 10.2 Å². The molecule has 0 bridgehead atoms. The molecule has 1 aromatic heterocycles. The van der Waals surface area contributed by atoms with Crippen LogP contribution in [0, 0.1) is 5.82 Å². The van der Waals surface area contributed by atoms with E-state index in [1.165, 1.54) is 18.5 Å². The summed E-state index contributed by atoms with van der Waals surface area (Å²) in [5, 5.41) is 4.99. The summed E-state index contributed by atoms with van der Waals surface area (Å²) < 4.78 is 13.9. The van der Waals surface area contributed by atoms with Crippen molar-refractivity contribution in [2.45, 2.75) is 18.9 Å². The predicted molar refractivity (Wildman–Crippen MR) is 103 cm³/mol. The van der Waals surface area contributed by atoms with Crippen molar-refractivity contribution in [3.63, 3.8) is 0 Å². The van der Waals surface area contributed by atoms with Gasteiger partial charge >= 0.3 is 0 Å². The van der Waals surface area contributed by atoms with Crippen LogP contribution < -0.4 is 5.32 Å². The zero-order chi connectivity index (χ0) is 18.8. The second-order valence-electron chi connectivity index (χ2n) is 6.57. The number of fused-ring (bicyclic) bond motifs is 1. The number of piperidine rings is 1. The van der Waals surface area contributed by atoms with Crippen LogP contribution in [0.1, 0.15) is 23.2 Å². The highest BCUT2D eigenvalue weighted by Crippen LogP contribution is 2.25. The maximum Gasteiger partial charge on any atom is 0.256 e. The molecule has 1 saturated heterocycles. The van der Waals surface area contributed by atoms with Crippen molar-refractivity contribution in [1.29, 1.82) is 0 Å². The Kier molecular flexibility index (Phi) is 4.90. The molecule has 4 rings (SSSR count). The van der Waals surface area contributed by atoms with E-state index in [0.717, 1.165) is 29.6 Å². The van der Waals surface area contributed by atoms with Crippen LogP contribution in [-0.4, -0.2) is 39.9 Å². The molecule has 1 fully saturated rings. The summed E-state index contributed by atoms with van der Waals surface area (Å²) in [5.41, 5.74) is 0.912. The number of aromatic nitrogens is 2. The first-order valence-corrected chi connectivity index (χ1v) is 9.20. The van der Waals surface area contributed by atoms with Crippen LogP contribution in [0.5, 0.6) is 0 Å². The molecule has 27 heavy (non-hydrogen) atoms. The van der Waals surface area contributed by atoms with Gasteiger partial charge in [0, 0.05) is 29.5 Å². The third kappa shape index (κ3) is 3.71. The summed E-state index contributed by atoms with van der Waals surface area (Å²) in [6.45, 7) is 1.14. The Bertz CT molecular complexity index is 989. The highest BCUT2D eigenvalue weighted by molar-refractivity contribution is 6.31. The van der Waals surface area contributed by atoms with E-state index in [1.54, 1.807) is 23.1 Å². The number of anilines is 1. The first-order valence-electron chi connectivity index (χ1n) is 8.82. The Morgan fingerprint density at radius 1 is 1.15 bits per heavy atom. The topological polar surface area (TPSA) is 58.1 Å². The SMILES string of the molecule is O=C(c1ccccc1F)N1CCC(Nc2ncnc3cc(Cl)ccc23)CC1. The molecule has 2 heterocycles. The van der Waals surface area contributed by atoms with Gasteiger partial charge in [0.05, 0.1) is 11.1 Å². The lowest BCUT2D eigenvalue weighted by Gasteiger charge is -2.33. The van der Waals surface area contributed by atoms with Crippen molar-refractivity contribution < 1.29 is 9.18 Å². The fraction of sp³-hybridized carbons (Fsp3) is 0.250. The maximum atomic E-state index is 13.9. The molecule has 1 aliphatic rings. The maximum absolute atomic E-state index is 13.9. The summed E-state index contributed by atoms with van der Waals surface area (Å²) in [6, 6.07) is 11.8. The van der Waals surface area contributed by atoms with Crippen LogP contribution in [-0.2, 0) is 0 Å². The fourth-order valence-corrected chi connectivity index (χ4v) is 3.54. The quantitative estimate of drug-likeness (QED) is 0.737. The Labute approximate surface area is 161 Å². The number of benzene rings is 2. The lowest BCUT2D eigenvalue weighted by atomic mass is 10.0. The molecule has 7 heteroatoms. The molecule has 0 atom stereocenters. The highest BCUT2D eigenvalue weighted by atomic mass is 35.5. The van der Waals surface area contributed by atoms with Gasteiger partial charge in [-0.1, -0.05) is 23.7 Å². The van der Waals surface area contributed by atoms with Crippen molar-refractivity contribution in [3.8, 4) is 0 Å². The predicted octanol–water partition coefficient (Wildman–Crippen LogP) is 4.14. The van der Waals surface area contributed by atoms with Crippen molar-refractivity contribution in [1.82, 2.24) is 14.9 Å². The Morgan fingerprint density at radius 3 is 2.70 bits per heavy atom. The van der Waals surface area contributed by atoms with Gasteiger partial charge in [-0.05, 0) is 43.2 Å². The average Bonchev–Trinajstić information content (AvgIpc) is 2.68. The first kappa shape index (κ1) is 17.7. The zero-order valence-electron chi connectivity index (χ0n) is 14.5. The van der Waals surface area contributed by atoms with E-state index in [4.69, 9.17) is 11.6 Å². The number of nitrogens with zero attached hydrogens (tertiary/aromatic N) is 3. The van der Waals surface area contributed by atoms with Crippen LogP contribution in [0.25, 0.3) is 10.9 Å². The molecular weight excluding hydrogens is 367 g/mol. The van der Waals surface area contributed by atoms with Crippen LogP contribution in [0.15, 0.2) is 48.8 Å². The number of carbonyl (C=O) groups excluding carboxylic acids is 1. The molecule has 0 unspecified atom stereocenters. The van der Waals surface area contributed by atoms with Gasteiger partial charge < -0.3 is 10.2 Å². The third-order valence-electron chi connectivity index (χ3n) is 4.83. The summed E-state index contributed by atoms with van der Waals surface area (Å²) in [6.07, 6.45) is 3.04. The van der Waals surface area contributed by atoms with Gasteiger partial charge in [-0.2, -0.15) is 0 Å². The summed E-state index contributed by atoms with van der Waals surface area (Å²) >= 11 is 6.03. The molecular formula is C20H18ClFN4O. The number of amides is 1. The molecule has 1 N–H and O–H groups in total. The van der Waals surface area contributed by atoms with Gasteiger partial charge in [0.2, 0.25) is 0 Å². The van der Waals surface area contributed by atoms with Gasteiger partial charge in [0.1, 0.15) is 18.0 Å². The molecule has 2 aromatic carbocycles. The minimum absolute atomic E-state index is 0.127. The number of carbonyl (C=O) groups is 1. The Balaban J connectivity index is 1.43. The Morgan fingerprint density at radius 2 is 1.93 bits per heavy atom. The van der Waals surface area contributed by atoms with Crippen LogP contribution >= 0.6 is 11.6 Å². The van der Waals surface area contributed by atoms with Crippen molar-refractivity contribution in [2.24, 2.45) is 0 Å². The van der Waals surface area contributed by atoms with Gasteiger partial charge in [-0.15, -0.1) is 0 Å². The van der Waals surface area contributed by atoms with E-state index in [-0.39, 0.29) is 17.5 Å². The molecule has 5 nitrogen and oxygen atoms in total. The van der Waals surface area contributed by atoms with Crippen molar-refractivity contribution in [2.75, 3.05) is 18.4 Å². The molecule has 138 valence electrons. The fourth-order valence-electron chi connectivity index (χ4n) is 3.37. The molecule has 0 aliphatic carbocycles. The number of rotatable bonds is 3. The molecule has 0 saturated carbocycles. The molecule has 1 aliphatic heterocycles. The number of hydrogen-bond donors (Lipinski definition) is 1. The molecule has 0 spiro atoms. The smallest absolute Gasteiger partial charge is 0.256 e. The second kappa shape index (κ2) is 7.48. The van der Waals surface area contributed by atoms with E-state index in [1.807, 2.05) is 12.1 Å². The third-order valence-corrected chi connectivity index (χ3v) is 5.06. The lowest BCUT2D eigenvalue weighted by molar-refractivity contribution is 0.0713. The van der Waals surface area contributed by atoms with Gasteiger partial charge in [-0.25, -0.2) is 14.4 Å². The minimum atomic E-state index is -0.478. The van der Waals surface area contributed by atoms with Crippen LogP contribution in [0.2, 0.25) is 5.02 Å². The number of halogens is 2. The first-order chi connectivity index (χ1) is 13.1. The number of likely N-dealkylation sites (tertiary alicyclic amines) is 1. The normalized spacial score (nSPS) is 15.1. The zero-order valence-corrected chi connectivity index (χ0v) is 15.3. The van der Waals surface area contributed by atoms with E-state index in [0.29, 0.717) is 18.1 Å². The second-order valence-corrected chi connectivity index (χ2v) is 7.01. The van der Waals surface area contributed by atoms with Gasteiger partial charge in [0.25, 0.3) is 5.91 Å². The largest absolute Gasteiger partial charge is 0.367 e. The Hall–Kier alpha value is -2.73. The number of hydrogen-bond acceptors (Lipinski definition) is 4. The summed E-state index contributed by atoms with van der Waals surface area (Å²) in [4.78, 5) is 22.8. The standard InChI is InChI=1S/C20H18ClFN4O/c21-13-5-6-16-18(11-13)23-12-24-19(16)25-14-7-9-26(10-8-14)20(27)15-3-1-2-4-17(15)22/h1-6,11-12,14H,7-10H2,(H,23,24,25). The molecule has 1 amide bonds. The van der Waals surface area contributed by atoms with Crippen LogP contribution in [0.3, 0.4) is 0 Å². The van der Waals surface area contributed by atoms with Crippen molar-refractivity contribution in [3.05, 3.63) is 65.2 Å². The summed E-state index contributed by atoms with van der Waals surface area (Å²) in [7, 11) is 0. The number of nitrogens with one attached hydrogen (secondary N) is 1. The minimum Gasteiger partial charge on any atom is -0.367 e. The monoisotopic (exact) mass is 384 g/mol. The van der Waals surface area contributed by atoms with Gasteiger partial charge in [-0.3, -0.25) is 4.79 Å².